The Morgan fingerprint density at radius 1 is 1.53 bits per heavy atom. The van der Waals surface area contributed by atoms with E-state index in [2.05, 4.69) is 5.10 Å². The molecule has 0 saturated carbocycles. The van der Waals surface area contributed by atoms with Crippen LogP contribution in [-0.4, -0.2) is 15.6 Å². The summed E-state index contributed by atoms with van der Waals surface area (Å²) in [5.74, 6) is -0.992. The fourth-order valence-corrected chi connectivity index (χ4v) is 1.65. The molecule has 0 N–H and O–H groups in total. The minimum atomic E-state index is -0.580. The third-order valence-corrected chi connectivity index (χ3v) is 2.63. The second-order valence-corrected chi connectivity index (χ2v) is 3.97. The zero-order valence-electron chi connectivity index (χ0n) is 9.15. The predicted octanol–water partition coefficient (Wildman–Crippen LogP) is 2.93. The number of carbonyl (C=O) groups is 1. The molecule has 0 amide bonds. The van der Waals surface area contributed by atoms with Crippen LogP contribution in [-0.2, 0) is 6.54 Å². The zero-order valence-corrected chi connectivity index (χ0v) is 9.91. The molecule has 0 unspecified atom stereocenters. The van der Waals surface area contributed by atoms with E-state index in [0.717, 1.165) is 0 Å². The van der Waals surface area contributed by atoms with E-state index in [1.165, 1.54) is 24.4 Å². The van der Waals surface area contributed by atoms with Crippen LogP contribution >= 0.6 is 11.6 Å². The molecule has 0 aliphatic rings. The molecule has 2 aromatic rings. The van der Waals surface area contributed by atoms with Crippen molar-refractivity contribution in [2.75, 3.05) is 0 Å². The van der Waals surface area contributed by atoms with Gasteiger partial charge in [-0.1, -0.05) is 11.6 Å². The Kier molecular flexibility index (Phi) is 3.24. The molecule has 0 aliphatic heterocycles. The average Bonchev–Trinajstić information content (AvgIpc) is 2.80. The lowest BCUT2D eigenvalue weighted by molar-refractivity contribution is 0.103. The van der Waals surface area contributed by atoms with E-state index < -0.39 is 11.6 Å². The van der Waals surface area contributed by atoms with Gasteiger partial charge in [-0.3, -0.25) is 9.48 Å². The van der Waals surface area contributed by atoms with Gasteiger partial charge in [-0.05, 0) is 25.1 Å². The first-order valence-corrected chi connectivity index (χ1v) is 5.52. The molecule has 17 heavy (non-hydrogen) atoms. The highest BCUT2D eigenvalue weighted by Crippen LogP contribution is 2.18. The number of carbonyl (C=O) groups excluding carboxylic acids is 1. The number of ketones is 1. The van der Waals surface area contributed by atoms with Crippen molar-refractivity contribution in [2.24, 2.45) is 0 Å². The van der Waals surface area contributed by atoms with Gasteiger partial charge in [0.15, 0.2) is 5.78 Å². The largest absolute Gasteiger partial charge is 0.288 e. The summed E-state index contributed by atoms with van der Waals surface area (Å²) < 4.78 is 15.1. The molecule has 1 heterocycles. The van der Waals surface area contributed by atoms with Crippen LogP contribution in [0.1, 0.15) is 22.8 Å². The summed E-state index contributed by atoms with van der Waals surface area (Å²) in [6, 6.07) is 3.91. The minimum absolute atomic E-state index is 0.0341. The topological polar surface area (TPSA) is 34.9 Å². The molecular weight excluding hydrogens is 243 g/mol. The monoisotopic (exact) mass is 252 g/mol. The van der Waals surface area contributed by atoms with Crippen LogP contribution in [0.2, 0.25) is 5.02 Å². The number of benzene rings is 1. The second-order valence-electron chi connectivity index (χ2n) is 3.54. The molecule has 3 nitrogen and oxygen atoms in total. The van der Waals surface area contributed by atoms with E-state index in [0.29, 0.717) is 17.1 Å². The fourth-order valence-electron chi connectivity index (χ4n) is 1.48. The third-order valence-electron chi connectivity index (χ3n) is 2.39. The zero-order chi connectivity index (χ0) is 12.4. The van der Waals surface area contributed by atoms with Crippen LogP contribution in [0.15, 0.2) is 30.6 Å². The Balaban J connectivity index is 2.39. The molecular formula is C12H10ClFN2O. The van der Waals surface area contributed by atoms with E-state index in [-0.39, 0.29) is 5.56 Å². The van der Waals surface area contributed by atoms with Gasteiger partial charge in [-0.25, -0.2) is 4.39 Å². The van der Waals surface area contributed by atoms with E-state index in [9.17, 15) is 9.18 Å². The van der Waals surface area contributed by atoms with Gasteiger partial charge < -0.3 is 0 Å². The predicted molar refractivity (Wildman–Crippen MR) is 62.7 cm³/mol. The molecule has 0 saturated heterocycles. The van der Waals surface area contributed by atoms with Gasteiger partial charge >= 0.3 is 0 Å². The van der Waals surface area contributed by atoms with E-state index in [1.54, 1.807) is 10.9 Å². The molecule has 0 aliphatic carbocycles. The maximum absolute atomic E-state index is 13.5. The van der Waals surface area contributed by atoms with Crippen molar-refractivity contribution in [3.05, 3.63) is 52.6 Å². The van der Waals surface area contributed by atoms with Crippen LogP contribution in [0, 0.1) is 5.82 Å². The van der Waals surface area contributed by atoms with Crippen molar-refractivity contribution in [1.82, 2.24) is 9.78 Å². The highest BCUT2D eigenvalue weighted by atomic mass is 35.5. The van der Waals surface area contributed by atoms with E-state index in [1.807, 2.05) is 6.92 Å². The lowest BCUT2D eigenvalue weighted by Gasteiger charge is -2.00. The number of hydrogen-bond donors (Lipinski definition) is 0. The Bertz CT molecular complexity index is 565. The summed E-state index contributed by atoms with van der Waals surface area (Å²) in [6.45, 7) is 2.56. The summed E-state index contributed by atoms with van der Waals surface area (Å²) in [4.78, 5) is 12.0. The molecule has 5 heteroatoms. The fraction of sp³-hybridized carbons (Fsp3) is 0.167. The van der Waals surface area contributed by atoms with Crippen molar-refractivity contribution in [3.8, 4) is 0 Å². The second kappa shape index (κ2) is 4.67. The van der Waals surface area contributed by atoms with Crippen molar-refractivity contribution in [1.29, 1.82) is 0 Å². The number of aryl methyl sites for hydroxylation is 1. The van der Waals surface area contributed by atoms with Crippen LogP contribution in [0.25, 0.3) is 0 Å². The van der Waals surface area contributed by atoms with Crippen LogP contribution in [0.5, 0.6) is 0 Å². The summed E-state index contributed by atoms with van der Waals surface area (Å²) >= 11 is 5.74. The molecule has 0 spiro atoms. The van der Waals surface area contributed by atoms with Crippen molar-refractivity contribution in [3.63, 3.8) is 0 Å². The molecule has 1 aromatic heterocycles. The molecule has 0 bridgehead atoms. The molecule has 0 fully saturated rings. The van der Waals surface area contributed by atoms with Gasteiger partial charge in [0.1, 0.15) is 5.82 Å². The smallest absolute Gasteiger partial charge is 0.199 e. The standard InChI is InChI=1S/C12H10ClFN2O/c1-2-16-7-8(6-15-16)12(17)10-5-9(13)3-4-11(10)14/h3-7H,2H2,1H3. The summed E-state index contributed by atoms with van der Waals surface area (Å²) in [5.41, 5.74) is 0.321. The molecule has 0 radical (unpaired) electrons. The van der Waals surface area contributed by atoms with Gasteiger partial charge in [0, 0.05) is 17.8 Å². The van der Waals surface area contributed by atoms with Gasteiger partial charge in [0.05, 0.1) is 17.3 Å². The van der Waals surface area contributed by atoms with Gasteiger partial charge in [0.2, 0.25) is 0 Å². The van der Waals surface area contributed by atoms with Gasteiger partial charge in [-0.15, -0.1) is 0 Å². The normalized spacial score (nSPS) is 10.5. The van der Waals surface area contributed by atoms with Crippen molar-refractivity contribution in [2.45, 2.75) is 13.5 Å². The summed E-state index contributed by atoms with van der Waals surface area (Å²) in [5, 5.41) is 4.30. The maximum atomic E-state index is 13.5. The first-order valence-electron chi connectivity index (χ1n) is 5.14. The Labute approximate surface area is 103 Å². The van der Waals surface area contributed by atoms with Gasteiger partial charge in [0.25, 0.3) is 0 Å². The highest BCUT2D eigenvalue weighted by Gasteiger charge is 2.16. The average molecular weight is 253 g/mol. The number of aromatic nitrogens is 2. The Morgan fingerprint density at radius 2 is 2.29 bits per heavy atom. The van der Waals surface area contributed by atoms with Crippen molar-refractivity contribution < 1.29 is 9.18 Å². The van der Waals surface area contributed by atoms with E-state index in [4.69, 9.17) is 11.6 Å². The quantitative estimate of drug-likeness (QED) is 0.788. The Morgan fingerprint density at radius 3 is 2.94 bits per heavy atom. The first-order chi connectivity index (χ1) is 8.11. The molecule has 1 aromatic carbocycles. The van der Waals surface area contributed by atoms with Gasteiger partial charge in [-0.2, -0.15) is 5.10 Å². The summed E-state index contributed by atoms with van der Waals surface area (Å²) in [7, 11) is 0. The van der Waals surface area contributed by atoms with Crippen LogP contribution in [0.3, 0.4) is 0 Å². The lowest BCUT2D eigenvalue weighted by atomic mass is 10.1. The molecule has 2 rings (SSSR count). The summed E-state index contributed by atoms with van der Waals surface area (Å²) in [6.07, 6.45) is 3.01. The number of nitrogens with zero attached hydrogens (tertiary/aromatic N) is 2. The Hall–Kier alpha value is -1.68. The van der Waals surface area contributed by atoms with E-state index >= 15 is 0 Å². The highest BCUT2D eigenvalue weighted by molar-refractivity contribution is 6.31. The SMILES string of the molecule is CCn1cc(C(=O)c2cc(Cl)ccc2F)cn1. The maximum Gasteiger partial charge on any atom is 0.199 e. The van der Waals surface area contributed by atoms with Crippen molar-refractivity contribution >= 4 is 17.4 Å². The molecule has 88 valence electrons. The third kappa shape index (κ3) is 2.36. The number of hydrogen-bond acceptors (Lipinski definition) is 2. The van der Waals surface area contributed by atoms with Crippen LogP contribution < -0.4 is 0 Å². The minimum Gasteiger partial charge on any atom is -0.288 e. The number of halogens is 2. The van der Waals surface area contributed by atoms with Crippen LogP contribution in [0.4, 0.5) is 4.39 Å². The molecule has 0 atom stereocenters. The first kappa shape index (κ1) is 11.8. The number of rotatable bonds is 3. The lowest BCUT2D eigenvalue weighted by Crippen LogP contribution is -2.03.